The third kappa shape index (κ3) is 5.08. The molecule has 1 aliphatic rings. The summed E-state index contributed by atoms with van der Waals surface area (Å²) in [7, 11) is 0. The second-order valence-corrected chi connectivity index (χ2v) is 9.18. The molecule has 1 aliphatic carbocycles. The van der Waals surface area contributed by atoms with Gasteiger partial charge in [0.05, 0.1) is 17.4 Å². The van der Waals surface area contributed by atoms with E-state index in [2.05, 4.69) is 22.1 Å². The fraction of sp³-hybridized carbons (Fsp3) is 0.500. The molecule has 0 unspecified atom stereocenters. The fourth-order valence-electron chi connectivity index (χ4n) is 3.24. The van der Waals surface area contributed by atoms with Crippen molar-refractivity contribution in [3.8, 4) is 0 Å². The van der Waals surface area contributed by atoms with Gasteiger partial charge in [0.25, 0.3) is 0 Å². The lowest BCUT2D eigenvalue weighted by atomic mass is 9.95. The zero-order valence-corrected chi connectivity index (χ0v) is 18.6. The number of rotatable bonds is 8. The van der Waals surface area contributed by atoms with Crippen molar-refractivity contribution in [2.24, 2.45) is 0 Å². The molecule has 2 heterocycles. The molecule has 0 bridgehead atoms. The van der Waals surface area contributed by atoms with E-state index >= 15 is 0 Å². The van der Waals surface area contributed by atoms with Crippen molar-refractivity contribution in [2.75, 3.05) is 11.1 Å². The molecule has 156 valence electrons. The number of aryl methyl sites for hydroxylation is 2. The minimum absolute atomic E-state index is 0.177. The molecule has 0 saturated heterocycles. The fourth-order valence-corrected chi connectivity index (χ4v) is 5.33. The summed E-state index contributed by atoms with van der Waals surface area (Å²) in [6, 6.07) is 0. The van der Waals surface area contributed by atoms with Gasteiger partial charge in [0, 0.05) is 11.4 Å². The van der Waals surface area contributed by atoms with Crippen molar-refractivity contribution in [3.63, 3.8) is 0 Å². The number of thioether (sulfide) groups is 1. The van der Waals surface area contributed by atoms with E-state index < -0.39 is 0 Å². The van der Waals surface area contributed by atoms with Crippen molar-refractivity contribution in [1.29, 1.82) is 0 Å². The van der Waals surface area contributed by atoms with Crippen LogP contribution in [0, 0.1) is 6.92 Å². The average Bonchev–Trinajstić information content (AvgIpc) is 3.20. The van der Waals surface area contributed by atoms with Crippen LogP contribution in [0.4, 0.5) is 5.00 Å². The van der Waals surface area contributed by atoms with E-state index in [1.54, 1.807) is 6.08 Å². The van der Waals surface area contributed by atoms with Crippen molar-refractivity contribution in [1.82, 2.24) is 14.8 Å². The molecule has 0 aromatic carbocycles. The van der Waals surface area contributed by atoms with Crippen molar-refractivity contribution in [2.45, 2.75) is 64.3 Å². The molecule has 1 amide bonds. The number of hydrogen-bond acceptors (Lipinski definition) is 7. The second-order valence-electron chi connectivity index (χ2n) is 7.14. The highest BCUT2D eigenvalue weighted by atomic mass is 32.2. The number of nitrogens with one attached hydrogen (secondary N) is 1. The van der Waals surface area contributed by atoms with Crippen LogP contribution in [0.1, 0.15) is 53.3 Å². The molecule has 0 fully saturated rings. The van der Waals surface area contributed by atoms with Gasteiger partial charge in [-0.2, -0.15) is 0 Å². The molecule has 7 nitrogen and oxygen atoms in total. The van der Waals surface area contributed by atoms with Gasteiger partial charge in [-0.3, -0.25) is 4.79 Å². The summed E-state index contributed by atoms with van der Waals surface area (Å²) in [6.45, 7) is 9.85. The summed E-state index contributed by atoms with van der Waals surface area (Å²) < 4.78 is 7.34. The van der Waals surface area contributed by atoms with Crippen LogP contribution in [0.25, 0.3) is 0 Å². The number of amides is 1. The smallest absolute Gasteiger partial charge is 0.341 e. The lowest BCUT2D eigenvalue weighted by molar-refractivity contribution is -0.113. The van der Waals surface area contributed by atoms with E-state index in [0.29, 0.717) is 22.3 Å². The molecule has 9 heteroatoms. The monoisotopic (exact) mass is 434 g/mol. The quantitative estimate of drug-likeness (QED) is 0.384. The van der Waals surface area contributed by atoms with Gasteiger partial charge in [-0.15, -0.1) is 28.1 Å². The molecule has 0 spiro atoms. The third-order valence-electron chi connectivity index (χ3n) is 4.52. The van der Waals surface area contributed by atoms with Crippen LogP contribution in [0.2, 0.25) is 0 Å². The maximum atomic E-state index is 12.7. The van der Waals surface area contributed by atoms with Gasteiger partial charge in [0.1, 0.15) is 10.8 Å². The Hall–Kier alpha value is -2.13. The van der Waals surface area contributed by atoms with Crippen molar-refractivity contribution >= 4 is 40.0 Å². The Morgan fingerprint density at radius 2 is 2.10 bits per heavy atom. The zero-order valence-electron chi connectivity index (χ0n) is 17.0. The molecule has 0 aliphatic heterocycles. The molecule has 0 saturated carbocycles. The minimum atomic E-state index is -0.358. The topological polar surface area (TPSA) is 86.1 Å². The standard InChI is InChI=1S/C20H26N4O3S2/c1-5-10-24-13(4)22-23-20(24)28-11-16(25)21-18-17(19(26)27-12(2)3)14-8-6-7-9-15(14)29-18/h5,12H,1,6-11H2,2-4H3,(H,21,25). The van der Waals surface area contributed by atoms with E-state index in [1.165, 1.54) is 28.0 Å². The van der Waals surface area contributed by atoms with Gasteiger partial charge in [0.15, 0.2) is 5.16 Å². The third-order valence-corrected chi connectivity index (χ3v) is 6.69. The molecule has 29 heavy (non-hydrogen) atoms. The summed E-state index contributed by atoms with van der Waals surface area (Å²) in [5.41, 5.74) is 1.57. The first-order valence-electron chi connectivity index (χ1n) is 9.69. The Morgan fingerprint density at radius 3 is 2.83 bits per heavy atom. The van der Waals surface area contributed by atoms with Crippen LogP contribution in [0.5, 0.6) is 0 Å². The largest absolute Gasteiger partial charge is 0.459 e. The highest BCUT2D eigenvalue weighted by Crippen LogP contribution is 2.38. The number of fused-ring (bicyclic) bond motifs is 1. The number of carbonyl (C=O) groups is 2. The summed E-state index contributed by atoms with van der Waals surface area (Å²) in [6.07, 6.45) is 5.50. The Morgan fingerprint density at radius 1 is 1.34 bits per heavy atom. The number of esters is 1. The number of anilines is 1. The van der Waals surface area contributed by atoms with Gasteiger partial charge in [-0.25, -0.2) is 4.79 Å². The van der Waals surface area contributed by atoms with E-state index in [9.17, 15) is 9.59 Å². The number of thiophene rings is 1. The minimum Gasteiger partial charge on any atom is -0.459 e. The maximum Gasteiger partial charge on any atom is 0.341 e. The average molecular weight is 435 g/mol. The van der Waals surface area contributed by atoms with Crippen LogP contribution < -0.4 is 5.32 Å². The van der Waals surface area contributed by atoms with E-state index in [-0.39, 0.29) is 23.7 Å². The second kappa shape index (κ2) is 9.58. The maximum absolute atomic E-state index is 12.7. The first-order chi connectivity index (χ1) is 13.9. The Kier molecular flexibility index (Phi) is 7.13. The van der Waals surface area contributed by atoms with E-state index in [0.717, 1.165) is 37.1 Å². The first kappa shape index (κ1) is 21.6. The van der Waals surface area contributed by atoms with Crippen molar-refractivity contribution in [3.05, 3.63) is 34.5 Å². The first-order valence-corrected chi connectivity index (χ1v) is 11.5. The normalized spacial score (nSPS) is 13.2. The Bertz CT molecular complexity index is 917. The highest BCUT2D eigenvalue weighted by Gasteiger charge is 2.28. The van der Waals surface area contributed by atoms with Gasteiger partial charge < -0.3 is 14.6 Å². The Labute approximate surface area is 178 Å². The summed E-state index contributed by atoms with van der Waals surface area (Å²) >= 11 is 2.81. The van der Waals surface area contributed by atoms with Crippen LogP contribution >= 0.6 is 23.1 Å². The van der Waals surface area contributed by atoms with Crippen LogP contribution in [0.15, 0.2) is 17.8 Å². The molecule has 1 N–H and O–H groups in total. The van der Waals surface area contributed by atoms with E-state index in [1.807, 2.05) is 25.3 Å². The molecule has 0 atom stereocenters. The van der Waals surface area contributed by atoms with Crippen LogP contribution in [-0.4, -0.2) is 38.5 Å². The number of carbonyl (C=O) groups excluding carboxylic acids is 2. The SMILES string of the molecule is C=CCn1c(C)nnc1SCC(=O)Nc1sc2c(c1C(=O)OC(C)C)CCCC2. The van der Waals surface area contributed by atoms with Gasteiger partial charge in [-0.05, 0) is 52.0 Å². The Balaban J connectivity index is 1.74. The van der Waals surface area contributed by atoms with Crippen LogP contribution in [-0.2, 0) is 28.9 Å². The predicted octanol–water partition coefficient (Wildman–Crippen LogP) is 4.01. The lowest BCUT2D eigenvalue weighted by Gasteiger charge is -2.14. The molecular weight excluding hydrogens is 408 g/mol. The number of allylic oxidation sites excluding steroid dienone is 1. The highest BCUT2D eigenvalue weighted by molar-refractivity contribution is 7.99. The zero-order chi connectivity index (χ0) is 21.0. The molecule has 2 aromatic rings. The number of aromatic nitrogens is 3. The number of hydrogen-bond donors (Lipinski definition) is 1. The number of ether oxygens (including phenoxy) is 1. The van der Waals surface area contributed by atoms with Gasteiger partial charge in [0.2, 0.25) is 5.91 Å². The number of nitrogens with zero attached hydrogens (tertiary/aromatic N) is 3. The molecule has 0 radical (unpaired) electrons. The summed E-state index contributed by atoms with van der Waals surface area (Å²) in [5.74, 6) is 0.412. The van der Waals surface area contributed by atoms with Gasteiger partial charge in [-0.1, -0.05) is 17.8 Å². The lowest BCUT2D eigenvalue weighted by Crippen LogP contribution is -2.19. The van der Waals surface area contributed by atoms with Gasteiger partial charge >= 0.3 is 5.97 Å². The van der Waals surface area contributed by atoms with Crippen LogP contribution in [0.3, 0.4) is 0 Å². The summed E-state index contributed by atoms with van der Waals surface area (Å²) in [5, 5.41) is 12.4. The van der Waals surface area contributed by atoms with Crippen molar-refractivity contribution < 1.29 is 14.3 Å². The van der Waals surface area contributed by atoms with E-state index in [4.69, 9.17) is 4.74 Å². The molecule has 3 rings (SSSR count). The molecular formula is C20H26N4O3S2. The summed E-state index contributed by atoms with van der Waals surface area (Å²) in [4.78, 5) is 26.5. The molecule has 2 aromatic heterocycles. The predicted molar refractivity (Wildman–Crippen MR) is 116 cm³/mol.